The van der Waals surface area contributed by atoms with Gasteiger partial charge in [-0.2, -0.15) is 0 Å². The van der Waals surface area contributed by atoms with Crippen LogP contribution >= 0.6 is 0 Å². The third-order valence-corrected chi connectivity index (χ3v) is 2.29. The molecule has 0 heterocycles. The minimum Gasteiger partial charge on any atom is -0.494 e. The van der Waals surface area contributed by atoms with Crippen molar-refractivity contribution in [1.29, 1.82) is 0 Å². The van der Waals surface area contributed by atoms with Gasteiger partial charge in [-0.15, -0.1) is 0 Å². The molecule has 0 aliphatic heterocycles. The summed E-state index contributed by atoms with van der Waals surface area (Å²) in [7, 11) is 0. The first-order valence-corrected chi connectivity index (χ1v) is 5.92. The van der Waals surface area contributed by atoms with Crippen molar-refractivity contribution in [2.45, 2.75) is 19.9 Å². The van der Waals surface area contributed by atoms with Crippen molar-refractivity contribution in [3.63, 3.8) is 0 Å². The summed E-state index contributed by atoms with van der Waals surface area (Å²) < 4.78 is 10.3. The largest absolute Gasteiger partial charge is 0.494 e. The van der Waals surface area contributed by atoms with Gasteiger partial charge in [0.2, 0.25) is 0 Å². The molecule has 0 saturated heterocycles. The summed E-state index contributed by atoms with van der Waals surface area (Å²) in [5, 5.41) is 11.2. The first-order chi connectivity index (χ1) is 9.02. The highest BCUT2D eigenvalue weighted by Gasteiger charge is 2.12. The van der Waals surface area contributed by atoms with Crippen LogP contribution in [0.1, 0.15) is 13.8 Å². The molecule has 0 spiro atoms. The number of carboxylic acids is 1. The third-order valence-electron chi connectivity index (χ3n) is 2.29. The van der Waals surface area contributed by atoms with Crippen LogP contribution in [0, 0.1) is 0 Å². The smallest absolute Gasteiger partial charge is 0.325 e. The molecule has 0 unspecified atom stereocenters. The van der Waals surface area contributed by atoms with Gasteiger partial charge in [0.15, 0.2) is 0 Å². The fraction of sp³-hybridized carbons (Fsp3) is 0.385. The molecule has 6 nitrogen and oxygen atoms in total. The van der Waals surface area contributed by atoms with Crippen LogP contribution in [0.15, 0.2) is 24.3 Å². The van der Waals surface area contributed by atoms with Gasteiger partial charge in [0.1, 0.15) is 17.5 Å². The fourth-order valence-corrected chi connectivity index (χ4v) is 1.26. The van der Waals surface area contributed by atoms with Gasteiger partial charge in [0.25, 0.3) is 0 Å². The summed E-state index contributed by atoms with van der Waals surface area (Å²) in [6, 6.07) is 5.82. The highest BCUT2D eigenvalue weighted by molar-refractivity contribution is 5.77. The van der Waals surface area contributed by atoms with E-state index in [2.05, 4.69) is 5.32 Å². The van der Waals surface area contributed by atoms with E-state index in [4.69, 9.17) is 14.6 Å². The van der Waals surface area contributed by atoms with Gasteiger partial charge in [-0.1, -0.05) is 0 Å². The van der Waals surface area contributed by atoms with Crippen molar-refractivity contribution in [2.75, 3.05) is 13.2 Å². The van der Waals surface area contributed by atoms with E-state index in [0.29, 0.717) is 18.1 Å². The number of esters is 1. The number of rotatable bonds is 7. The van der Waals surface area contributed by atoms with E-state index in [0.717, 1.165) is 0 Å². The average Bonchev–Trinajstić information content (AvgIpc) is 2.38. The number of hydrogen-bond donors (Lipinski definition) is 2. The van der Waals surface area contributed by atoms with Crippen molar-refractivity contribution in [3.05, 3.63) is 24.3 Å². The molecule has 0 bridgehead atoms. The molecule has 0 amide bonds. The molecule has 0 radical (unpaired) electrons. The molecule has 0 aliphatic rings. The van der Waals surface area contributed by atoms with Crippen LogP contribution in [0.2, 0.25) is 0 Å². The molecular weight excluding hydrogens is 250 g/mol. The topological polar surface area (TPSA) is 84.9 Å². The van der Waals surface area contributed by atoms with Crippen LogP contribution in [0.5, 0.6) is 11.5 Å². The van der Waals surface area contributed by atoms with Crippen molar-refractivity contribution < 1.29 is 24.2 Å². The van der Waals surface area contributed by atoms with E-state index in [1.165, 1.54) is 6.92 Å². The number of nitrogens with one attached hydrogen (secondary N) is 1. The van der Waals surface area contributed by atoms with Gasteiger partial charge in [-0.3, -0.25) is 14.9 Å². The van der Waals surface area contributed by atoms with Gasteiger partial charge < -0.3 is 14.6 Å². The molecule has 2 N–H and O–H groups in total. The summed E-state index contributed by atoms with van der Waals surface area (Å²) in [4.78, 5) is 22.0. The first-order valence-electron chi connectivity index (χ1n) is 5.92. The van der Waals surface area contributed by atoms with Crippen LogP contribution in [0.25, 0.3) is 0 Å². The highest BCUT2D eigenvalue weighted by atomic mass is 16.5. The SMILES string of the molecule is CCOc1ccc(OC(=O)CN[C@@H](C)C(=O)O)cc1. The Morgan fingerprint density at radius 3 is 2.37 bits per heavy atom. The molecule has 19 heavy (non-hydrogen) atoms. The molecule has 0 fully saturated rings. The fourth-order valence-electron chi connectivity index (χ4n) is 1.26. The number of carbonyl (C=O) groups is 2. The summed E-state index contributed by atoms with van der Waals surface area (Å²) in [6.45, 7) is 3.73. The second-order valence-corrected chi connectivity index (χ2v) is 3.82. The molecule has 1 rings (SSSR count). The van der Waals surface area contributed by atoms with Crippen LogP contribution in [0.3, 0.4) is 0 Å². The van der Waals surface area contributed by atoms with E-state index >= 15 is 0 Å². The number of benzene rings is 1. The average molecular weight is 267 g/mol. The molecular formula is C13H17NO5. The molecule has 0 aromatic heterocycles. The first kappa shape index (κ1) is 15.0. The maximum Gasteiger partial charge on any atom is 0.325 e. The number of ether oxygens (including phenoxy) is 2. The normalized spacial score (nSPS) is 11.7. The van der Waals surface area contributed by atoms with E-state index in [-0.39, 0.29) is 6.54 Å². The zero-order valence-electron chi connectivity index (χ0n) is 10.9. The number of aliphatic carboxylic acids is 1. The lowest BCUT2D eigenvalue weighted by atomic mass is 10.3. The van der Waals surface area contributed by atoms with Gasteiger partial charge >= 0.3 is 11.9 Å². The lowest BCUT2D eigenvalue weighted by molar-refractivity contribution is -0.139. The molecule has 0 saturated carbocycles. The van der Waals surface area contributed by atoms with Crippen molar-refractivity contribution in [2.24, 2.45) is 0 Å². The van der Waals surface area contributed by atoms with Crippen LogP contribution in [-0.4, -0.2) is 36.2 Å². The van der Waals surface area contributed by atoms with Crippen LogP contribution < -0.4 is 14.8 Å². The minimum atomic E-state index is -1.02. The second-order valence-electron chi connectivity index (χ2n) is 3.82. The molecule has 1 aromatic carbocycles. The predicted octanol–water partition coefficient (Wildman–Crippen LogP) is 1.05. The summed E-state index contributed by atoms with van der Waals surface area (Å²) >= 11 is 0. The number of carbonyl (C=O) groups excluding carboxylic acids is 1. The Balaban J connectivity index is 2.41. The Labute approximate surface area is 111 Å². The van der Waals surface area contributed by atoms with Gasteiger partial charge in [-0.05, 0) is 38.1 Å². The lowest BCUT2D eigenvalue weighted by Crippen LogP contribution is -2.38. The number of carboxylic acid groups (broad SMARTS) is 1. The van der Waals surface area contributed by atoms with E-state index in [1.54, 1.807) is 24.3 Å². The summed E-state index contributed by atoms with van der Waals surface area (Å²) in [5.41, 5.74) is 0. The molecule has 1 aromatic rings. The third kappa shape index (κ3) is 5.39. The Hall–Kier alpha value is -2.08. The van der Waals surface area contributed by atoms with Gasteiger partial charge in [-0.25, -0.2) is 0 Å². The van der Waals surface area contributed by atoms with Crippen molar-refractivity contribution >= 4 is 11.9 Å². The van der Waals surface area contributed by atoms with Gasteiger partial charge in [0.05, 0.1) is 13.2 Å². The zero-order chi connectivity index (χ0) is 14.3. The minimum absolute atomic E-state index is 0.166. The Kier molecular flexibility index (Phi) is 5.81. The monoisotopic (exact) mass is 267 g/mol. The predicted molar refractivity (Wildman–Crippen MR) is 68.3 cm³/mol. The maximum atomic E-state index is 11.4. The van der Waals surface area contributed by atoms with Crippen LogP contribution in [-0.2, 0) is 9.59 Å². The maximum absolute atomic E-state index is 11.4. The summed E-state index contributed by atoms with van der Waals surface area (Å²) in [6.07, 6.45) is 0. The van der Waals surface area contributed by atoms with E-state index in [9.17, 15) is 9.59 Å². The van der Waals surface area contributed by atoms with Crippen molar-refractivity contribution in [3.8, 4) is 11.5 Å². The lowest BCUT2D eigenvalue weighted by Gasteiger charge is -2.09. The van der Waals surface area contributed by atoms with E-state index in [1.807, 2.05) is 6.92 Å². The van der Waals surface area contributed by atoms with Crippen LogP contribution in [0.4, 0.5) is 0 Å². The summed E-state index contributed by atoms with van der Waals surface area (Å²) in [5.74, 6) is -0.482. The quantitative estimate of drug-likeness (QED) is 0.567. The van der Waals surface area contributed by atoms with E-state index < -0.39 is 18.0 Å². The molecule has 0 aliphatic carbocycles. The Morgan fingerprint density at radius 2 is 1.84 bits per heavy atom. The van der Waals surface area contributed by atoms with Crippen molar-refractivity contribution in [1.82, 2.24) is 5.32 Å². The Bertz CT molecular complexity index is 429. The Morgan fingerprint density at radius 1 is 1.26 bits per heavy atom. The molecule has 6 heteroatoms. The number of hydrogen-bond acceptors (Lipinski definition) is 5. The van der Waals surface area contributed by atoms with Gasteiger partial charge in [0, 0.05) is 0 Å². The second kappa shape index (κ2) is 7.38. The highest BCUT2D eigenvalue weighted by Crippen LogP contribution is 2.17. The molecule has 104 valence electrons. The molecule has 1 atom stereocenters. The standard InChI is InChI=1S/C13H17NO5/c1-3-18-10-4-6-11(7-5-10)19-12(15)8-14-9(2)13(16)17/h4-7,9,14H,3,8H2,1-2H3,(H,16,17)/t9-/m0/s1. The zero-order valence-corrected chi connectivity index (χ0v) is 10.9.